The van der Waals surface area contributed by atoms with Crippen molar-refractivity contribution in [3.8, 4) is 5.75 Å². The molecule has 25 heavy (non-hydrogen) atoms. The second-order valence-electron chi connectivity index (χ2n) is 4.90. The Morgan fingerprint density at radius 2 is 1.88 bits per heavy atom. The van der Waals surface area contributed by atoms with E-state index in [0.29, 0.717) is 5.02 Å². The van der Waals surface area contributed by atoms with Gasteiger partial charge in [-0.15, -0.1) is 0 Å². The van der Waals surface area contributed by atoms with Crippen molar-refractivity contribution in [3.05, 3.63) is 57.6 Å². The number of carbonyl (C=O) groups excluding carboxylic acids is 1. The summed E-state index contributed by atoms with van der Waals surface area (Å²) in [6.45, 7) is 0. The van der Waals surface area contributed by atoms with Crippen molar-refractivity contribution in [1.29, 1.82) is 0 Å². The first-order chi connectivity index (χ1) is 11.7. The number of nitrogens with one attached hydrogen (secondary N) is 1. The van der Waals surface area contributed by atoms with E-state index in [1.54, 1.807) is 0 Å². The lowest BCUT2D eigenvalue weighted by molar-refractivity contribution is -0.384. The smallest absolute Gasteiger partial charge is 0.296 e. The maximum absolute atomic E-state index is 12.2. The molecule has 2 aromatic carbocycles. The lowest BCUT2D eigenvalue weighted by Gasteiger charge is -2.08. The molecule has 2 rings (SSSR count). The molecule has 10 heteroatoms. The first-order valence-electron chi connectivity index (χ1n) is 6.83. The number of halogens is 1. The molecule has 0 aliphatic heterocycles. The van der Waals surface area contributed by atoms with Crippen LogP contribution in [0.5, 0.6) is 5.75 Å². The largest absolute Gasteiger partial charge is 0.496 e. The van der Waals surface area contributed by atoms with Gasteiger partial charge < -0.3 is 10.1 Å². The van der Waals surface area contributed by atoms with Crippen molar-refractivity contribution < 1.29 is 22.9 Å². The third-order valence-electron chi connectivity index (χ3n) is 3.17. The van der Waals surface area contributed by atoms with Crippen LogP contribution < -0.4 is 10.1 Å². The standard InChI is InChI=1S/C15H13ClN2O6S/c1-24-11-4-7-13(14(8-11)18(20)21)17-15(19)9-25(22,23)12-5-2-10(16)3-6-12/h2-8H,9H2,1H3,(H,17,19). The van der Waals surface area contributed by atoms with E-state index in [9.17, 15) is 23.3 Å². The maximum atomic E-state index is 12.2. The molecule has 0 bridgehead atoms. The Labute approximate surface area is 148 Å². The first-order valence-corrected chi connectivity index (χ1v) is 8.86. The average Bonchev–Trinajstić information content (AvgIpc) is 2.54. The summed E-state index contributed by atoms with van der Waals surface area (Å²) in [5, 5.41) is 13.7. The predicted molar refractivity (Wildman–Crippen MR) is 91.8 cm³/mol. The van der Waals surface area contributed by atoms with Gasteiger partial charge in [0.05, 0.1) is 23.0 Å². The van der Waals surface area contributed by atoms with Gasteiger partial charge in [0.15, 0.2) is 9.84 Å². The minimum absolute atomic E-state index is 0.0729. The molecule has 0 heterocycles. The zero-order valence-corrected chi connectivity index (χ0v) is 14.5. The van der Waals surface area contributed by atoms with Crippen LogP contribution in [0, 0.1) is 10.1 Å². The van der Waals surface area contributed by atoms with E-state index in [-0.39, 0.29) is 16.3 Å². The molecule has 0 aliphatic rings. The van der Waals surface area contributed by atoms with Crippen LogP contribution >= 0.6 is 11.6 Å². The number of nitrogens with zero attached hydrogens (tertiary/aromatic N) is 1. The summed E-state index contributed by atoms with van der Waals surface area (Å²) in [5.41, 5.74) is -0.529. The van der Waals surface area contributed by atoms with E-state index in [4.69, 9.17) is 16.3 Å². The van der Waals surface area contributed by atoms with E-state index >= 15 is 0 Å². The van der Waals surface area contributed by atoms with E-state index in [0.717, 1.165) is 6.07 Å². The third kappa shape index (κ3) is 4.68. The third-order valence-corrected chi connectivity index (χ3v) is 5.05. The predicted octanol–water partition coefficient (Wildman–Crippen LogP) is 2.67. The van der Waals surface area contributed by atoms with Crippen LogP contribution in [-0.4, -0.2) is 32.1 Å². The Bertz CT molecular complexity index is 912. The molecule has 1 amide bonds. The van der Waals surface area contributed by atoms with Crippen LogP contribution in [-0.2, 0) is 14.6 Å². The lowest BCUT2D eigenvalue weighted by Crippen LogP contribution is -2.23. The van der Waals surface area contributed by atoms with E-state index < -0.39 is 32.1 Å². The number of rotatable bonds is 6. The van der Waals surface area contributed by atoms with Gasteiger partial charge in [-0.05, 0) is 36.4 Å². The summed E-state index contributed by atoms with van der Waals surface area (Å²) in [6, 6.07) is 9.15. The van der Waals surface area contributed by atoms with E-state index in [1.165, 1.54) is 43.5 Å². The Balaban J connectivity index is 2.20. The lowest BCUT2D eigenvalue weighted by atomic mass is 10.2. The second-order valence-corrected chi connectivity index (χ2v) is 7.33. The Hall–Kier alpha value is -2.65. The van der Waals surface area contributed by atoms with E-state index in [1.807, 2.05) is 0 Å². The van der Waals surface area contributed by atoms with Crippen LogP contribution in [0.3, 0.4) is 0 Å². The number of methoxy groups -OCH3 is 1. The number of amides is 1. The molecular formula is C15H13ClN2O6S. The summed E-state index contributed by atoms with van der Waals surface area (Å²) in [5.74, 6) is -1.53. The number of sulfone groups is 1. The summed E-state index contributed by atoms with van der Waals surface area (Å²) >= 11 is 5.70. The quantitative estimate of drug-likeness (QED) is 0.604. The molecule has 0 unspecified atom stereocenters. The van der Waals surface area contributed by atoms with Gasteiger partial charge in [0.25, 0.3) is 5.69 Å². The van der Waals surface area contributed by atoms with Gasteiger partial charge in [0.1, 0.15) is 17.2 Å². The van der Waals surface area contributed by atoms with E-state index in [2.05, 4.69) is 5.32 Å². The fraction of sp³-hybridized carbons (Fsp3) is 0.133. The maximum Gasteiger partial charge on any atom is 0.296 e. The number of benzene rings is 2. The zero-order valence-electron chi connectivity index (χ0n) is 12.9. The minimum atomic E-state index is -3.91. The van der Waals surface area contributed by atoms with Crippen LogP contribution in [0.2, 0.25) is 5.02 Å². The molecule has 8 nitrogen and oxygen atoms in total. The molecule has 0 saturated carbocycles. The van der Waals surface area contributed by atoms with Crippen LogP contribution in [0.25, 0.3) is 0 Å². The second kappa shape index (κ2) is 7.49. The number of anilines is 1. The fourth-order valence-corrected chi connectivity index (χ4v) is 3.24. The highest BCUT2D eigenvalue weighted by atomic mass is 35.5. The zero-order chi connectivity index (χ0) is 18.6. The van der Waals surface area contributed by atoms with Gasteiger partial charge >= 0.3 is 0 Å². The van der Waals surface area contributed by atoms with Gasteiger partial charge in [-0.25, -0.2) is 8.42 Å². The summed E-state index contributed by atoms with van der Waals surface area (Å²) in [4.78, 5) is 22.3. The monoisotopic (exact) mass is 384 g/mol. The van der Waals surface area contributed by atoms with Gasteiger partial charge in [0.2, 0.25) is 5.91 Å². The Kier molecular flexibility index (Phi) is 5.60. The molecule has 2 aromatic rings. The normalized spacial score (nSPS) is 11.0. The molecule has 1 N–H and O–H groups in total. The topological polar surface area (TPSA) is 116 Å². The van der Waals surface area contributed by atoms with Crippen LogP contribution in [0.1, 0.15) is 0 Å². The van der Waals surface area contributed by atoms with Crippen LogP contribution in [0.15, 0.2) is 47.4 Å². The highest BCUT2D eigenvalue weighted by molar-refractivity contribution is 7.92. The first kappa shape index (κ1) is 18.7. The van der Waals surface area contributed by atoms with Crippen molar-refractivity contribution in [2.24, 2.45) is 0 Å². The number of hydrogen-bond acceptors (Lipinski definition) is 6. The molecule has 0 aliphatic carbocycles. The molecule has 0 atom stereocenters. The molecule has 0 saturated heterocycles. The van der Waals surface area contributed by atoms with Crippen molar-refractivity contribution >= 4 is 38.7 Å². The number of nitro groups is 1. The molecule has 132 valence electrons. The SMILES string of the molecule is COc1ccc(NC(=O)CS(=O)(=O)c2ccc(Cl)cc2)c([N+](=O)[O-])c1. The number of nitro benzene ring substituents is 1. The Morgan fingerprint density at radius 1 is 1.24 bits per heavy atom. The molecule has 0 fully saturated rings. The van der Waals surface area contributed by atoms with Gasteiger partial charge in [0, 0.05) is 5.02 Å². The number of hydrogen-bond donors (Lipinski definition) is 1. The summed E-state index contributed by atoms with van der Waals surface area (Å²) in [6.07, 6.45) is 0. The highest BCUT2D eigenvalue weighted by Gasteiger charge is 2.22. The molecular weight excluding hydrogens is 372 g/mol. The molecule has 0 aromatic heterocycles. The van der Waals surface area contributed by atoms with Gasteiger partial charge in [-0.3, -0.25) is 14.9 Å². The molecule has 0 radical (unpaired) electrons. The Morgan fingerprint density at radius 3 is 2.44 bits per heavy atom. The van der Waals surface area contributed by atoms with Crippen molar-refractivity contribution in [3.63, 3.8) is 0 Å². The average molecular weight is 385 g/mol. The number of ether oxygens (including phenoxy) is 1. The minimum Gasteiger partial charge on any atom is -0.496 e. The fourth-order valence-electron chi connectivity index (χ4n) is 1.98. The van der Waals surface area contributed by atoms with Crippen LogP contribution in [0.4, 0.5) is 11.4 Å². The summed E-state index contributed by atoms with van der Waals surface area (Å²) in [7, 11) is -2.56. The van der Waals surface area contributed by atoms with Gasteiger partial charge in [-0.2, -0.15) is 0 Å². The van der Waals surface area contributed by atoms with Gasteiger partial charge in [-0.1, -0.05) is 11.6 Å². The number of carbonyl (C=O) groups is 1. The van der Waals surface area contributed by atoms with Crippen molar-refractivity contribution in [1.82, 2.24) is 0 Å². The summed E-state index contributed by atoms with van der Waals surface area (Å²) < 4.78 is 29.3. The highest BCUT2D eigenvalue weighted by Crippen LogP contribution is 2.29. The van der Waals surface area contributed by atoms with Crippen molar-refractivity contribution in [2.75, 3.05) is 18.2 Å². The molecule has 0 spiro atoms. The van der Waals surface area contributed by atoms with Crippen molar-refractivity contribution in [2.45, 2.75) is 4.90 Å².